The summed E-state index contributed by atoms with van der Waals surface area (Å²) in [6.45, 7) is 4.07. The molecule has 0 amide bonds. The van der Waals surface area contributed by atoms with E-state index in [9.17, 15) is 0 Å². The van der Waals surface area contributed by atoms with Crippen molar-refractivity contribution in [3.63, 3.8) is 0 Å². The van der Waals surface area contributed by atoms with Crippen LogP contribution in [0.4, 0.5) is 0 Å². The van der Waals surface area contributed by atoms with Crippen LogP contribution in [0.3, 0.4) is 0 Å². The third-order valence-corrected chi connectivity index (χ3v) is 3.81. The maximum Gasteiger partial charge on any atom is 0.119 e. The smallest absolute Gasteiger partial charge is 0.119 e. The predicted molar refractivity (Wildman–Crippen MR) is 81.2 cm³/mol. The van der Waals surface area contributed by atoms with Gasteiger partial charge in [-0.2, -0.15) is 0 Å². The number of rotatable bonds is 7. The Kier molecular flexibility index (Phi) is 4.20. The number of aryl methyl sites for hydroxylation is 2. The van der Waals surface area contributed by atoms with Gasteiger partial charge in [-0.25, -0.2) is 4.68 Å². The van der Waals surface area contributed by atoms with Gasteiger partial charge < -0.3 is 10.5 Å². The summed E-state index contributed by atoms with van der Waals surface area (Å²) in [5.74, 6) is 1.54. The number of aromatic nitrogens is 3. The van der Waals surface area contributed by atoms with E-state index in [1.807, 2.05) is 16.8 Å². The molecule has 1 heterocycles. The van der Waals surface area contributed by atoms with Crippen molar-refractivity contribution in [1.29, 1.82) is 0 Å². The van der Waals surface area contributed by atoms with Crippen molar-refractivity contribution >= 4 is 0 Å². The SMILES string of the molecule is Cc1ccc(OCCCn2nnc(CN)c2C2CC2)cc1. The first kappa shape index (κ1) is 14.1. The van der Waals surface area contributed by atoms with Gasteiger partial charge in [0.25, 0.3) is 0 Å². The molecule has 21 heavy (non-hydrogen) atoms. The molecule has 0 spiro atoms. The van der Waals surface area contributed by atoms with Crippen LogP contribution in [0.1, 0.15) is 42.1 Å². The molecule has 0 bridgehead atoms. The zero-order valence-corrected chi connectivity index (χ0v) is 12.5. The average molecular weight is 286 g/mol. The molecule has 2 aromatic rings. The molecule has 1 aromatic carbocycles. The van der Waals surface area contributed by atoms with Crippen LogP contribution in [-0.2, 0) is 13.1 Å². The predicted octanol–water partition coefficient (Wildman–Crippen LogP) is 2.39. The number of nitrogens with two attached hydrogens (primary N) is 1. The highest BCUT2D eigenvalue weighted by atomic mass is 16.5. The quantitative estimate of drug-likeness (QED) is 0.794. The highest BCUT2D eigenvalue weighted by molar-refractivity contribution is 5.26. The van der Waals surface area contributed by atoms with Crippen LogP contribution in [0.2, 0.25) is 0 Å². The van der Waals surface area contributed by atoms with Crippen LogP contribution in [0.15, 0.2) is 24.3 Å². The first-order chi connectivity index (χ1) is 10.3. The molecule has 0 atom stereocenters. The molecule has 1 saturated carbocycles. The fourth-order valence-corrected chi connectivity index (χ4v) is 2.51. The lowest BCUT2D eigenvalue weighted by atomic mass is 10.2. The van der Waals surface area contributed by atoms with Gasteiger partial charge in [-0.1, -0.05) is 22.9 Å². The molecule has 0 radical (unpaired) electrons. The highest BCUT2D eigenvalue weighted by Crippen LogP contribution is 2.41. The van der Waals surface area contributed by atoms with Gasteiger partial charge in [-0.15, -0.1) is 5.10 Å². The summed E-state index contributed by atoms with van der Waals surface area (Å²) in [5, 5.41) is 8.43. The van der Waals surface area contributed by atoms with Crippen LogP contribution in [0, 0.1) is 6.92 Å². The number of hydrogen-bond donors (Lipinski definition) is 1. The Morgan fingerprint density at radius 2 is 2.05 bits per heavy atom. The summed E-state index contributed by atoms with van der Waals surface area (Å²) in [5.41, 5.74) is 9.17. The Labute approximate surface area is 125 Å². The molecule has 1 fully saturated rings. The molecule has 0 aliphatic heterocycles. The maximum atomic E-state index is 5.75. The van der Waals surface area contributed by atoms with Gasteiger partial charge in [0.15, 0.2) is 0 Å². The van der Waals surface area contributed by atoms with Crippen LogP contribution in [0.5, 0.6) is 5.75 Å². The number of ether oxygens (including phenoxy) is 1. The second-order valence-electron chi connectivity index (χ2n) is 5.64. The summed E-state index contributed by atoms with van der Waals surface area (Å²) in [7, 11) is 0. The van der Waals surface area contributed by atoms with Crippen molar-refractivity contribution < 1.29 is 4.74 Å². The molecule has 0 saturated heterocycles. The number of benzene rings is 1. The monoisotopic (exact) mass is 286 g/mol. The standard InChI is InChI=1S/C16H22N4O/c1-12-3-7-14(8-4-12)21-10-2-9-20-16(13-5-6-13)15(11-17)18-19-20/h3-4,7-8,13H,2,5-6,9-11,17H2,1H3. The van der Waals surface area contributed by atoms with Gasteiger partial charge in [-0.3, -0.25) is 0 Å². The molecule has 2 N–H and O–H groups in total. The normalized spacial score (nSPS) is 14.4. The third-order valence-electron chi connectivity index (χ3n) is 3.81. The van der Waals surface area contributed by atoms with E-state index in [0.717, 1.165) is 24.4 Å². The van der Waals surface area contributed by atoms with E-state index in [1.54, 1.807) is 0 Å². The van der Waals surface area contributed by atoms with E-state index in [-0.39, 0.29) is 0 Å². The molecule has 1 aliphatic carbocycles. The number of nitrogens with zero attached hydrogens (tertiary/aromatic N) is 3. The molecule has 112 valence electrons. The minimum atomic E-state index is 0.478. The summed E-state index contributed by atoms with van der Waals surface area (Å²) in [6.07, 6.45) is 3.39. The van der Waals surface area contributed by atoms with E-state index < -0.39 is 0 Å². The minimum absolute atomic E-state index is 0.478. The van der Waals surface area contributed by atoms with Gasteiger partial charge in [-0.05, 0) is 31.9 Å². The molecule has 0 unspecified atom stereocenters. The molecule has 1 aromatic heterocycles. The van der Waals surface area contributed by atoms with Crippen molar-refractivity contribution in [2.45, 2.75) is 45.2 Å². The Bertz CT molecular complexity index is 587. The van der Waals surface area contributed by atoms with Gasteiger partial charge in [0, 0.05) is 25.4 Å². The van der Waals surface area contributed by atoms with E-state index in [4.69, 9.17) is 10.5 Å². The van der Waals surface area contributed by atoms with E-state index >= 15 is 0 Å². The Balaban J connectivity index is 1.51. The van der Waals surface area contributed by atoms with Gasteiger partial charge in [0.2, 0.25) is 0 Å². The van der Waals surface area contributed by atoms with E-state index in [2.05, 4.69) is 29.4 Å². The lowest BCUT2D eigenvalue weighted by Gasteiger charge is -2.08. The second kappa shape index (κ2) is 6.26. The molecule has 5 heteroatoms. The fraction of sp³-hybridized carbons (Fsp3) is 0.500. The third kappa shape index (κ3) is 3.42. The minimum Gasteiger partial charge on any atom is -0.494 e. The van der Waals surface area contributed by atoms with Crippen LogP contribution < -0.4 is 10.5 Å². The van der Waals surface area contributed by atoms with Crippen LogP contribution >= 0.6 is 0 Å². The highest BCUT2D eigenvalue weighted by Gasteiger charge is 2.30. The largest absolute Gasteiger partial charge is 0.494 e. The fourth-order valence-electron chi connectivity index (χ4n) is 2.51. The van der Waals surface area contributed by atoms with Gasteiger partial charge in [0.05, 0.1) is 18.0 Å². The molecular weight excluding hydrogens is 264 g/mol. The van der Waals surface area contributed by atoms with Crippen molar-refractivity contribution in [2.75, 3.05) is 6.61 Å². The summed E-state index contributed by atoms with van der Waals surface area (Å²) in [4.78, 5) is 0. The summed E-state index contributed by atoms with van der Waals surface area (Å²) < 4.78 is 7.76. The maximum absolute atomic E-state index is 5.75. The summed E-state index contributed by atoms with van der Waals surface area (Å²) in [6, 6.07) is 8.14. The average Bonchev–Trinajstić information content (AvgIpc) is 3.26. The lowest BCUT2D eigenvalue weighted by molar-refractivity contribution is 0.297. The zero-order valence-electron chi connectivity index (χ0n) is 12.5. The van der Waals surface area contributed by atoms with E-state index in [1.165, 1.54) is 24.1 Å². The Hall–Kier alpha value is -1.88. The zero-order chi connectivity index (χ0) is 14.7. The molecular formula is C16H22N4O. The van der Waals surface area contributed by atoms with Crippen molar-refractivity contribution in [3.8, 4) is 5.75 Å². The van der Waals surface area contributed by atoms with E-state index in [0.29, 0.717) is 19.1 Å². The molecule has 5 nitrogen and oxygen atoms in total. The number of hydrogen-bond acceptors (Lipinski definition) is 4. The Morgan fingerprint density at radius 1 is 1.29 bits per heavy atom. The van der Waals surface area contributed by atoms with Crippen molar-refractivity contribution in [2.24, 2.45) is 5.73 Å². The first-order valence-corrected chi connectivity index (χ1v) is 7.59. The first-order valence-electron chi connectivity index (χ1n) is 7.59. The second-order valence-corrected chi connectivity index (χ2v) is 5.64. The summed E-state index contributed by atoms with van der Waals surface area (Å²) >= 11 is 0. The molecule has 3 rings (SSSR count). The van der Waals surface area contributed by atoms with Crippen LogP contribution in [-0.4, -0.2) is 21.6 Å². The Morgan fingerprint density at radius 3 is 2.71 bits per heavy atom. The van der Waals surface area contributed by atoms with Crippen molar-refractivity contribution in [3.05, 3.63) is 41.2 Å². The van der Waals surface area contributed by atoms with Gasteiger partial charge in [0.1, 0.15) is 5.75 Å². The molecule has 1 aliphatic rings. The lowest BCUT2D eigenvalue weighted by Crippen LogP contribution is -2.10. The van der Waals surface area contributed by atoms with Gasteiger partial charge >= 0.3 is 0 Å². The van der Waals surface area contributed by atoms with Crippen molar-refractivity contribution in [1.82, 2.24) is 15.0 Å². The van der Waals surface area contributed by atoms with Crippen LogP contribution in [0.25, 0.3) is 0 Å². The topological polar surface area (TPSA) is 66.0 Å².